The lowest BCUT2D eigenvalue weighted by Crippen LogP contribution is -2.36. The molecule has 0 aliphatic carbocycles. The Morgan fingerprint density at radius 2 is 2.26 bits per heavy atom. The molecule has 5 nitrogen and oxygen atoms in total. The maximum absolute atomic E-state index is 12.1. The molecule has 19 heavy (non-hydrogen) atoms. The summed E-state index contributed by atoms with van der Waals surface area (Å²) in [6.07, 6.45) is 2.81. The highest BCUT2D eigenvalue weighted by molar-refractivity contribution is 14.1. The van der Waals surface area contributed by atoms with E-state index in [1.54, 1.807) is 17.8 Å². The number of halogens is 1. The number of non-ortho nitro benzene ring substituents is 1. The van der Waals surface area contributed by atoms with Crippen molar-refractivity contribution in [1.82, 2.24) is 5.32 Å². The van der Waals surface area contributed by atoms with Crippen LogP contribution in [0.15, 0.2) is 18.2 Å². The van der Waals surface area contributed by atoms with Gasteiger partial charge in [0.25, 0.3) is 11.6 Å². The van der Waals surface area contributed by atoms with Crippen molar-refractivity contribution in [3.8, 4) is 0 Å². The van der Waals surface area contributed by atoms with Crippen LogP contribution in [0.4, 0.5) is 5.69 Å². The first-order valence-electron chi connectivity index (χ1n) is 5.73. The van der Waals surface area contributed by atoms with Gasteiger partial charge in [0.2, 0.25) is 0 Å². The van der Waals surface area contributed by atoms with Gasteiger partial charge in [0.15, 0.2) is 0 Å². The van der Waals surface area contributed by atoms with Gasteiger partial charge in [-0.1, -0.05) is 6.92 Å². The van der Waals surface area contributed by atoms with Crippen molar-refractivity contribution in [3.05, 3.63) is 37.4 Å². The molecule has 1 N–H and O–H groups in total. The normalized spacial score (nSPS) is 11.9. The van der Waals surface area contributed by atoms with E-state index in [2.05, 4.69) is 5.32 Å². The lowest BCUT2D eigenvalue weighted by atomic mass is 10.1. The Morgan fingerprint density at radius 3 is 2.79 bits per heavy atom. The Bertz CT molecular complexity index is 482. The Kier molecular flexibility index (Phi) is 6.56. The number of nitrogens with zero attached hydrogens (tertiary/aromatic N) is 1. The summed E-state index contributed by atoms with van der Waals surface area (Å²) in [5.74, 6) is 0.572. The van der Waals surface area contributed by atoms with Gasteiger partial charge in [0.05, 0.1) is 10.5 Å². The minimum absolute atomic E-state index is 0.0662. The second-order valence-electron chi connectivity index (χ2n) is 3.96. The monoisotopic (exact) mass is 394 g/mol. The Morgan fingerprint density at radius 1 is 1.58 bits per heavy atom. The van der Waals surface area contributed by atoms with Crippen LogP contribution in [0, 0.1) is 13.7 Å². The van der Waals surface area contributed by atoms with Crippen molar-refractivity contribution in [3.63, 3.8) is 0 Å². The van der Waals surface area contributed by atoms with E-state index < -0.39 is 4.92 Å². The van der Waals surface area contributed by atoms with E-state index in [0.29, 0.717) is 9.13 Å². The van der Waals surface area contributed by atoms with Crippen molar-refractivity contribution in [1.29, 1.82) is 0 Å². The summed E-state index contributed by atoms with van der Waals surface area (Å²) in [6, 6.07) is 4.39. The number of rotatable bonds is 6. The summed E-state index contributed by atoms with van der Waals surface area (Å²) in [5.41, 5.74) is 0.290. The molecule has 1 amide bonds. The van der Waals surface area contributed by atoms with Crippen LogP contribution in [0.5, 0.6) is 0 Å². The van der Waals surface area contributed by atoms with Crippen molar-refractivity contribution >= 4 is 45.9 Å². The minimum Gasteiger partial charge on any atom is -0.348 e. The SMILES string of the molecule is CCC(CSC)NC(=O)c1cc([N+](=O)[O-])ccc1I. The van der Waals surface area contributed by atoms with Gasteiger partial charge in [-0.2, -0.15) is 11.8 Å². The molecule has 0 fully saturated rings. The number of nitro groups is 1. The third kappa shape index (κ3) is 4.64. The highest BCUT2D eigenvalue weighted by atomic mass is 127. The number of thioether (sulfide) groups is 1. The lowest BCUT2D eigenvalue weighted by Gasteiger charge is -2.16. The number of carbonyl (C=O) groups is 1. The second-order valence-corrected chi connectivity index (χ2v) is 6.03. The molecule has 1 rings (SSSR count). The first-order valence-corrected chi connectivity index (χ1v) is 8.20. The van der Waals surface area contributed by atoms with Crippen molar-refractivity contribution in [2.45, 2.75) is 19.4 Å². The second kappa shape index (κ2) is 7.68. The van der Waals surface area contributed by atoms with Crippen LogP contribution in [-0.4, -0.2) is 28.9 Å². The zero-order chi connectivity index (χ0) is 14.4. The summed E-state index contributed by atoms with van der Waals surface area (Å²) < 4.78 is 0.708. The number of amides is 1. The molecule has 1 atom stereocenters. The van der Waals surface area contributed by atoms with Gasteiger partial charge in [-0.05, 0) is 41.3 Å². The van der Waals surface area contributed by atoms with Gasteiger partial charge in [-0.3, -0.25) is 14.9 Å². The predicted octanol–water partition coefficient (Wildman–Crippen LogP) is 3.07. The molecule has 0 aliphatic heterocycles. The molecule has 0 bridgehead atoms. The number of nitrogens with one attached hydrogen (secondary N) is 1. The number of hydrogen-bond donors (Lipinski definition) is 1. The molecule has 0 saturated heterocycles. The van der Waals surface area contributed by atoms with E-state index in [0.717, 1.165) is 12.2 Å². The van der Waals surface area contributed by atoms with Crippen LogP contribution in [0.1, 0.15) is 23.7 Å². The van der Waals surface area contributed by atoms with Gasteiger partial charge >= 0.3 is 0 Å². The number of carbonyl (C=O) groups excluding carboxylic acids is 1. The van der Waals surface area contributed by atoms with E-state index in [1.165, 1.54) is 12.1 Å². The minimum atomic E-state index is -0.494. The van der Waals surface area contributed by atoms with Crippen molar-refractivity contribution < 1.29 is 9.72 Å². The Labute approximate surface area is 129 Å². The third-order valence-electron chi connectivity index (χ3n) is 2.60. The first kappa shape index (κ1) is 16.2. The third-order valence-corrected chi connectivity index (χ3v) is 4.28. The van der Waals surface area contributed by atoms with Crippen LogP contribution in [0.25, 0.3) is 0 Å². The van der Waals surface area contributed by atoms with Gasteiger partial charge in [0.1, 0.15) is 0 Å². The van der Waals surface area contributed by atoms with E-state index in [1.807, 2.05) is 35.8 Å². The summed E-state index contributed by atoms with van der Waals surface area (Å²) in [5, 5.41) is 13.6. The standard InChI is InChI=1S/C12H15IN2O3S/c1-3-8(7-19-2)14-12(16)10-6-9(15(17)18)4-5-11(10)13/h4-6,8H,3,7H2,1-2H3,(H,14,16). The predicted molar refractivity (Wildman–Crippen MR) is 85.7 cm³/mol. The highest BCUT2D eigenvalue weighted by Gasteiger charge is 2.17. The first-order chi connectivity index (χ1) is 8.99. The smallest absolute Gasteiger partial charge is 0.270 e. The molecule has 1 unspecified atom stereocenters. The van der Waals surface area contributed by atoms with E-state index in [-0.39, 0.29) is 17.6 Å². The molecule has 0 aromatic heterocycles. The summed E-state index contributed by atoms with van der Waals surface area (Å²) in [7, 11) is 0. The zero-order valence-electron chi connectivity index (χ0n) is 10.7. The van der Waals surface area contributed by atoms with E-state index in [9.17, 15) is 14.9 Å². The average Bonchev–Trinajstić information content (AvgIpc) is 2.38. The van der Waals surface area contributed by atoms with Crippen molar-refractivity contribution in [2.75, 3.05) is 12.0 Å². The number of nitro benzene ring substituents is 1. The van der Waals surface area contributed by atoms with Crippen LogP contribution in [-0.2, 0) is 0 Å². The fourth-order valence-corrected chi connectivity index (χ4v) is 2.83. The summed E-state index contributed by atoms with van der Waals surface area (Å²) in [6.45, 7) is 2.00. The van der Waals surface area contributed by atoms with Gasteiger partial charge in [-0.25, -0.2) is 0 Å². The van der Waals surface area contributed by atoms with E-state index >= 15 is 0 Å². The molecular formula is C12H15IN2O3S. The number of hydrogen-bond acceptors (Lipinski definition) is 4. The maximum Gasteiger partial charge on any atom is 0.270 e. The molecule has 1 aromatic carbocycles. The van der Waals surface area contributed by atoms with Crippen LogP contribution in [0.2, 0.25) is 0 Å². The maximum atomic E-state index is 12.1. The molecule has 0 radical (unpaired) electrons. The molecule has 0 spiro atoms. The topological polar surface area (TPSA) is 72.2 Å². The summed E-state index contributed by atoms with van der Waals surface area (Å²) in [4.78, 5) is 22.4. The highest BCUT2D eigenvalue weighted by Crippen LogP contribution is 2.19. The molecule has 0 aliphatic rings. The Balaban J connectivity index is 2.92. The fourth-order valence-electron chi connectivity index (χ4n) is 1.53. The van der Waals surface area contributed by atoms with Gasteiger partial charge in [-0.15, -0.1) is 0 Å². The molecule has 7 heteroatoms. The van der Waals surface area contributed by atoms with Crippen molar-refractivity contribution in [2.24, 2.45) is 0 Å². The summed E-state index contributed by atoms with van der Waals surface area (Å²) >= 11 is 3.67. The van der Waals surface area contributed by atoms with Crippen LogP contribution in [0.3, 0.4) is 0 Å². The largest absolute Gasteiger partial charge is 0.348 e. The molecule has 0 heterocycles. The fraction of sp³-hybridized carbons (Fsp3) is 0.417. The quantitative estimate of drug-likeness (QED) is 0.457. The molecule has 1 aromatic rings. The van der Waals surface area contributed by atoms with Crippen LogP contribution >= 0.6 is 34.4 Å². The Hall–Kier alpha value is -0.830. The zero-order valence-corrected chi connectivity index (χ0v) is 13.7. The van der Waals surface area contributed by atoms with Crippen LogP contribution < -0.4 is 5.32 Å². The van der Waals surface area contributed by atoms with Gasteiger partial charge in [0, 0.05) is 27.5 Å². The molecular weight excluding hydrogens is 379 g/mol. The van der Waals surface area contributed by atoms with Gasteiger partial charge < -0.3 is 5.32 Å². The molecule has 104 valence electrons. The number of benzene rings is 1. The lowest BCUT2D eigenvalue weighted by molar-refractivity contribution is -0.384. The molecule has 0 saturated carbocycles. The van der Waals surface area contributed by atoms with E-state index in [4.69, 9.17) is 0 Å². The average molecular weight is 394 g/mol.